The Kier molecular flexibility index (Phi) is 10.9. The van der Waals surface area contributed by atoms with Crippen LogP contribution >= 0.6 is 0 Å². The Bertz CT molecular complexity index is 2820. The summed E-state index contributed by atoms with van der Waals surface area (Å²) in [4.78, 5) is 73.6. The molecule has 6 aromatic rings. The molecule has 3 fully saturated rings. The third kappa shape index (κ3) is 7.68. The topological polar surface area (TPSA) is 193 Å². The lowest BCUT2D eigenvalue weighted by atomic mass is 9.92. The Balaban J connectivity index is 0.909. The highest BCUT2D eigenvalue weighted by atomic mass is 16.5. The van der Waals surface area contributed by atoms with E-state index in [-0.39, 0.29) is 41.8 Å². The first kappa shape index (κ1) is 42.0. The number of rotatable bonds is 11. The molecule has 336 valence electrons. The lowest BCUT2D eigenvalue weighted by Gasteiger charge is -2.30. The number of hydrogen-bond acceptors (Lipinski definition) is 10. The molecule has 2 aromatic heterocycles. The second-order valence-electron chi connectivity index (χ2n) is 18.0. The zero-order valence-electron chi connectivity index (χ0n) is 36.9. The second kappa shape index (κ2) is 16.9. The predicted octanol–water partition coefficient (Wildman–Crippen LogP) is 7.34. The SMILES string of the molecule is COC[C@H]1C[C@@H](c2ncc(-c3ccc4c(c3)COc3cc5c(ccc6nc([C@@H]7C[C@H]8C[C@H]8N7C(=O)[C@H](NC(=O)OC)c7ccccc7)[nH]c65)cc3-4)[nH]2)N(C(=O)[C@@H](NC(=O)OC)C(C)C)C1. The van der Waals surface area contributed by atoms with Gasteiger partial charge in [0.25, 0.3) is 5.91 Å². The molecule has 10 rings (SSSR count). The van der Waals surface area contributed by atoms with E-state index in [1.54, 1.807) is 18.2 Å². The standard InChI is InChI=1S/C49H52N8O8/c1-25(2)41(54-48(60)63-4)46(58)56-22-26(23-62-3)15-38(56)44-50-21-36(52-44)29-11-13-32-31(16-29)24-65-40-20-33-28(17-34(32)40)12-14-35-43(33)53-45(51-35)39-19-30-18-37(30)57(39)47(59)42(55-49(61)64-5)27-9-7-6-8-10-27/h6-14,16-17,20-21,25-26,30,37-39,41-42H,15,18-19,22-24H2,1-5H3,(H,50,52)(H,51,53)(H,54,60)(H,55,61)/t26-,30+,37+,38-,39-,41-,42+/m0/s1. The summed E-state index contributed by atoms with van der Waals surface area (Å²) >= 11 is 0. The first-order chi connectivity index (χ1) is 31.5. The summed E-state index contributed by atoms with van der Waals surface area (Å²) in [6.45, 7) is 5.13. The number of fused-ring (bicyclic) bond motifs is 7. The molecule has 0 radical (unpaired) electrons. The second-order valence-corrected chi connectivity index (χ2v) is 18.0. The largest absolute Gasteiger partial charge is 0.488 e. The number of benzene rings is 4. The van der Waals surface area contributed by atoms with Gasteiger partial charge in [-0.05, 0) is 83.0 Å². The summed E-state index contributed by atoms with van der Waals surface area (Å²) in [6, 6.07) is 21.7. The van der Waals surface area contributed by atoms with Crippen LogP contribution in [-0.2, 0) is 30.4 Å². The minimum atomic E-state index is -0.897. The number of piperidine rings is 1. The molecule has 1 aliphatic carbocycles. The van der Waals surface area contributed by atoms with Crippen LogP contribution < -0.4 is 15.4 Å². The van der Waals surface area contributed by atoms with Gasteiger partial charge in [0.2, 0.25) is 5.91 Å². The Morgan fingerprint density at radius 1 is 0.846 bits per heavy atom. The van der Waals surface area contributed by atoms with Crippen molar-refractivity contribution in [3.8, 4) is 28.1 Å². The van der Waals surface area contributed by atoms with Gasteiger partial charge in [-0.1, -0.05) is 62.4 Å². The van der Waals surface area contributed by atoms with Crippen molar-refractivity contribution in [3.05, 3.63) is 102 Å². The van der Waals surface area contributed by atoms with Gasteiger partial charge in [-0.2, -0.15) is 0 Å². The van der Waals surface area contributed by atoms with Crippen molar-refractivity contribution in [2.45, 2.75) is 69.9 Å². The van der Waals surface area contributed by atoms with Crippen LogP contribution in [-0.4, -0.2) is 100 Å². The maximum Gasteiger partial charge on any atom is 0.407 e. The maximum atomic E-state index is 14.4. The quantitative estimate of drug-likeness (QED) is 0.102. The van der Waals surface area contributed by atoms with Crippen molar-refractivity contribution < 1.29 is 38.1 Å². The number of H-pyrrole nitrogens is 2. The van der Waals surface area contributed by atoms with E-state index < -0.39 is 24.3 Å². The van der Waals surface area contributed by atoms with Gasteiger partial charge >= 0.3 is 12.2 Å². The van der Waals surface area contributed by atoms with Crippen molar-refractivity contribution in [3.63, 3.8) is 0 Å². The van der Waals surface area contributed by atoms with Crippen LogP contribution in [0, 0.1) is 17.8 Å². The molecule has 0 spiro atoms. The third-order valence-electron chi connectivity index (χ3n) is 13.6. The first-order valence-electron chi connectivity index (χ1n) is 22.2. The highest BCUT2D eigenvalue weighted by Crippen LogP contribution is 2.54. The van der Waals surface area contributed by atoms with Crippen molar-refractivity contribution >= 4 is 45.8 Å². The van der Waals surface area contributed by atoms with Crippen LogP contribution in [0.1, 0.15) is 74.0 Å². The number of amides is 4. The molecule has 1 saturated carbocycles. The first-order valence-corrected chi connectivity index (χ1v) is 22.2. The van der Waals surface area contributed by atoms with E-state index in [0.29, 0.717) is 49.3 Å². The van der Waals surface area contributed by atoms with Gasteiger partial charge in [0.1, 0.15) is 36.1 Å². The van der Waals surface area contributed by atoms with E-state index in [2.05, 4.69) is 57.0 Å². The fourth-order valence-corrected chi connectivity index (χ4v) is 10.2. The number of ether oxygens (including phenoxy) is 4. The number of likely N-dealkylation sites (tertiary alicyclic amines) is 2. The van der Waals surface area contributed by atoms with Crippen LogP contribution in [0.4, 0.5) is 9.59 Å². The Morgan fingerprint density at radius 2 is 1.65 bits per heavy atom. The summed E-state index contributed by atoms with van der Waals surface area (Å²) in [5.74, 6) is 2.10. The number of aromatic nitrogens is 4. The van der Waals surface area contributed by atoms with Crippen LogP contribution in [0.5, 0.6) is 5.75 Å². The molecule has 2 saturated heterocycles. The minimum absolute atomic E-state index is 0.0856. The van der Waals surface area contributed by atoms with Gasteiger partial charge < -0.3 is 49.3 Å². The average Bonchev–Trinajstić information content (AvgIpc) is 3.79. The van der Waals surface area contributed by atoms with Crippen molar-refractivity contribution in [1.29, 1.82) is 0 Å². The van der Waals surface area contributed by atoms with E-state index in [1.165, 1.54) is 14.2 Å². The number of carbonyl (C=O) groups excluding carboxylic acids is 4. The normalized spacial score (nSPS) is 21.6. The summed E-state index contributed by atoms with van der Waals surface area (Å²) < 4.78 is 21.7. The molecular formula is C49H52N8O8. The lowest BCUT2D eigenvalue weighted by Crippen LogP contribution is -2.51. The van der Waals surface area contributed by atoms with Gasteiger partial charge in [-0.15, -0.1) is 0 Å². The Labute approximate surface area is 375 Å². The van der Waals surface area contributed by atoms with Crippen LogP contribution in [0.2, 0.25) is 0 Å². The van der Waals surface area contributed by atoms with E-state index in [1.807, 2.05) is 55.1 Å². The number of methoxy groups -OCH3 is 3. The zero-order valence-corrected chi connectivity index (χ0v) is 36.9. The van der Waals surface area contributed by atoms with Crippen LogP contribution in [0.15, 0.2) is 79.0 Å². The molecule has 4 N–H and O–H groups in total. The maximum absolute atomic E-state index is 14.4. The zero-order chi connectivity index (χ0) is 45.1. The van der Waals surface area contributed by atoms with Gasteiger partial charge in [-0.25, -0.2) is 19.6 Å². The third-order valence-corrected chi connectivity index (χ3v) is 13.6. The monoisotopic (exact) mass is 880 g/mol. The molecule has 7 atom stereocenters. The number of nitrogens with zero attached hydrogens (tertiary/aromatic N) is 4. The number of hydrogen-bond donors (Lipinski definition) is 4. The molecule has 4 aliphatic rings. The van der Waals surface area contributed by atoms with Gasteiger partial charge in [0.05, 0.1) is 55.8 Å². The number of imidazole rings is 2. The van der Waals surface area contributed by atoms with E-state index in [4.69, 9.17) is 28.9 Å². The molecule has 4 aromatic carbocycles. The molecule has 3 aliphatic heterocycles. The summed E-state index contributed by atoms with van der Waals surface area (Å²) in [5, 5.41) is 7.48. The van der Waals surface area contributed by atoms with Gasteiger partial charge in [0, 0.05) is 36.6 Å². The molecular weight excluding hydrogens is 829 g/mol. The van der Waals surface area contributed by atoms with Crippen molar-refractivity contribution in [2.24, 2.45) is 17.8 Å². The van der Waals surface area contributed by atoms with Crippen LogP contribution in [0.25, 0.3) is 44.2 Å². The molecule has 0 unspecified atom stereocenters. The number of carbonyl (C=O) groups is 4. The van der Waals surface area contributed by atoms with Crippen molar-refractivity contribution in [1.82, 2.24) is 40.4 Å². The fourth-order valence-electron chi connectivity index (χ4n) is 10.2. The Hall–Kier alpha value is -6.94. The fraction of sp³-hybridized carbons (Fsp3) is 0.388. The van der Waals surface area contributed by atoms with Gasteiger partial charge in [-0.3, -0.25) is 9.59 Å². The number of aromatic amines is 2. The highest BCUT2D eigenvalue weighted by Gasteiger charge is 2.56. The molecule has 16 heteroatoms. The molecule has 16 nitrogen and oxygen atoms in total. The number of alkyl carbamates (subject to hydrolysis) is 2. The van der Waals surface area contributed by atoms with Gasteiger partial charge in [0.15, 0.2) is 0 Å². The predicted molar refractivity (Wildman–Crippen MR) is 240 cm³/mol. The minimum Gasteiger partial charge on any atom is -0.488 e. The molecule has 0 bridgehead atoms. The summed E-state index contributed by atoms with van der Waals surface area (Å²) in [6.07, 6.45) is 2.86. The number of nitrogens with one attached hydrogen (secondary N) is 4. The molecule has 4 amide bonds. The van der Waals surface area contributed by atoms with E-state index in [0.717, 1.165) is 68.3 Å². The van der Waals surface area contributed by atoms with E-state index in [9.17, 15) is 19.2 Å². The summed E-state index contributed by atoms with van der Waals surface area (Å²) in [7, 11) is 4.23. The Morgan fingerprint density at radius 3 is 2.42 bits per heavy atom. The van der Waals surface area contributed by atoms with E-state index >= 15 is 0 Å². The lowest BCUT2D eigenvalue weighted by molar-refractivity contribution is -0.136. The summed E-state index contributed by atoms with van der Waals surface area (Å²) in [5.41, 5.74) is 7.19. The highest BCUT2D eigenvalue weighted by molar-refractivity contribution is 6.07. The van der Waals surface area contributed by atoms with Crippen molar-refractivity contribution in [2.75, 3.05) is 34.5 Å². The van der Waals surface area contributed by atoms with Crippen LogP contribution in [0.3, 0.4) is 0 Å². The molecule has 65 heavy (non-hydrogen) atoms. The average molecular weight is 881 g/mol. The smallest absolute Gasteiger partial charge is 0.407 e. The molecule has 5 heterocycles.